The highest BCUT2D eigenvalue weighted by atomic mass is 16.2. The zero-order valence-corrected chi connectivity index (χ0v) is 12.1. The quantitative estimate of drug-likeness (QED) is 0.924. The summed E-state index contributed by atoms with van der Waals surface area (Å²) in [6, 6.07) is 7.97. The first-order chi connectivity index (χ1) is 10.3. The van der Waals surface area contributed by atoms with Gasteiger partial charge in [0, 0.05) is 44.6 Å². The van der Waals surface area contributed by atoms with E-state index in [1.54, 1.807) is 12.3 Å². The Morgan fingerprint density at radius 1 is 1.19 bits per heavy atom. The van der Waals surface area contributed by atoms with Gasteiger partial charge in [0.15, 0.2) is 0 Å². The molecule has 1 aliphatic heterocycles. The summed E-state index contributed by atoms with van der Waals surface area (Å²) >= 11 is 0. The Labute approximate surface area is 123 Å². The molecule has 2 aromatic heterocycles. The van der Waals surface area contributed by atoms with E-state index in [1.165, 1.54) is 0 Å². The Morgan fingerprint density at radius 2 is 2.00 bits per heavy atom. The first-order valence-corrected chi connectivity index (χ1v) is 7.19. The van der Waals surface area contributed by atoms with Gasteiger partial charge in [-0.3, -0.25) is 19.8 Å². The lowest BCUT2D eigenvalue weighted by Gasteiger charge is -2.37. The Kier molecular flexibility index (Phi) is 3.96. The highest BCUT2D eigenvalue weighted by molar-refractivity contribution is 5.92. The number of amides is 1. The van der Waals surface area contributed by atoms with Crippen LogP contribution in [0.1, 0.15) is 29.1 Å². The van der Waals surface area contributed by atoms with Crippen molar-refractivity contribution in [1.29, 1.82) is 0 Å². The van der Waals surface area contributed by atoms with Gasteiger partial charge in [-0.25, -0.2) is 0 Å². The SMILES string of the molecule is C[C@@H](c1ccccn1)N1CCN(C(=O)c2ccn[nH]2)CC1. The summed E-state index contributed by atoms with van der Waals surface area (Å²) in [6.45, 7) is 5.34. The molecule has 1 atom stereocenters. The minimum absolute atomic E-state index is 0.0256. The van der Waals surface area contributed by atoms with Crippen LogP contribution in [0, 0.1) is 0 Å². The molecule has 1 amide bonds. The third-order valence-electron chi connectivity index (χ3n) is 4.00. The predicted molar refractivity (Wildman–Crippen MR) is 78.7 cm³/mol. The highest BCUT2D eigenvalue weighted by Crippen LogP contribution is 2.19. The normalized spacial score (nSPS) is 17.7. The molecule has 0 unspecified atom stereocenters. The van der Waals surface area contributed by atoms with Crippen molar-refractivity contribution in [2.75, 3.05) is 26.2 Å². The van der Waals surface area contributed by atoms with Gasteiger partial charge in [-0.2, -0.15) is 5.10 Å². The Balaban J connectivity index is 1.59. The van der Waals surface area contributed by atoms with E-state index in [0.29, 0.717) is 5.69 Å². The van der Waals surface area contributed by atoms with Crippen molar-refractivity contribution in [3.05, 3.63) is 48.0 Å². The van der Waals surface area contributed by atoms with Crippen LogP contribution in [-0.2, 0) is 0 Å². The summed E-state index contributed by atoms with van der Waals surface area (Å²) < 4.78 is 0. The van der Waals surface area contributed by atoms with E-state index in [9.17, 15) is 4.79 Å². The van der Waals surface area contributed by atoms with E-state index >= 15 is 0 Å². The summed E-state index contributed by atoms with van der Waals surface area (Å²) in [7, 11) is 0. The Hall–Kier alpha value is -2.21. The number of carbonyl (C=O) groups excluding carboxylic acids is 1. The number of aromatic amines is 1. The summed E-state index contributed by atoms with van der Waals surface area (Å²) in [4.78, 5) is 20.9. The molecule has 1 N–H and O–H groups in total. The molecule has 1 fully saturated rings. The van der Waals surface area contributed by atoms with Crippen molar-refractivity contribution >= 4 is 5.91 Å². The number of nitrogens with zero attached hydrogens (tertiary/aromatic N) is 4. The maximum atomic E-state index is 12.2. The molecule has 3 heterocycles. The molecule has 0 saturated carbocycles. The third-order valence-corrected chi connectivity index (χ3v) is 4.00. The number of nitrogens with one attached hydrogen (secondary N) is 1. The number of pyridine rings is 1. The maximum absolute atomic E-state index is 12.2. The molecule has 21 heavy (non-hydrogen) atoms. The first-order valence-electron chi connectivity index (χ1n) is 7.19. The van der Waals surface area contributed by atoms with Crippen molar-refractivity contribution < 1.29 is 4.79 Å². The smallest absolute Gasteiger partial charge is 0.271 e. The number of rotatable bonds is 3. The third kappa shape index (κ3) is 2.95. The average Bonchev–Trinajstić information content (AvgIpc) is 3.09. The van der Waals surface area contributed by atoms with Gasteiger partial charge in [0.1, 0.15) is 5.69 Å². The van der Waals surface area contributed by atoms with Crippen LogP contribution in [0.15, 0.2) is 36.7 Å². The molecule has 2 aromatic rings. The Morgan fingerprint density at radius 3 is 2.62 bits per heavy atom. The molecule has 0 aromatic carbocycles. The minimum atomic E-state index is 0.0256. The Bertz CT molecular complexity index is 575. The van der Waals surface area contributed by atoms with E-state index in [4.69, 9.17) is 0 Å². The molecule has 1 saturated heterocycles. The molecule has 110 valence electrons. The second kappa shape index (κ2) is 6.05. The van der Waals surface area contributed by atoms with Gasteiger partial charge in [0.2, 0.25) is 0 Å². The van der Waals surface area contributed by atoms with Crippen LogP contribution < -0.4 is 0 Å². The van der Waals surface area contributed by atoms with E-state index in [1.807, 2.05) is 29.3 Å². The van der Waals surface area contributed by atoms with Gasteiger partial charge in [-0.05, 0) is 25.1 Å². The predicted octanol–water partition coefficient (Wildman–Crippen LogP) is 1.32. The van der Waals surface area contributed by atoms with E-state index < -0.39 is 0 Å². The molecule has 0 radical (unpaired) electrons. The van der Waals surface area contributed by atoms with Crippen LogP contribution in [0.4, 0.5) is 0 Å². The fourth-order valence-corrected chi connectivity index (χ4v) is 2.67. The van der Waals surface area contributed by atoms with Crippen molar-refractivity contribution in [2.24, 2.45) is 0 Å². The zero-order valence-electron chi connectivity index (χ0n) is 12.1. The molecule has 1 aliphatic rings. The van der Waals surface area contributed by atoms with Crippen LogP contribution >= 0.6 is 0 Å². The highest BCUT2D eigenvalue weighted by Gasteiger charge is 2.26. The maximum Gasteiger partial charge on any atom is 0.271 e. The lowest BCUT2D eigenvalue weighted by Crippen LogP contribution is -2.49. The van der Waals surface area contributed by atoms with Crippen molar-refractivity contribution in [3.63, 3.8) is 0 Å². The average molecular weight is 285 g/mol. The fourth-order valence-electron chi connectivity index (χ4n) is 2.67. The number of piperazine rings is 1. The molecule has 0 aliphatic carbocycles. The fraction of sp³-hybridized carbons (Fsp3) is 0.400. The van der Waals surface area contributed by atoms with Gasteiger partial charge in [-0.15, -0.1) is 0 Å². The van der Waals surface area contributed by atoms with E-state index in [2.05, 4.69) is 27.0 Å². The topological polar surface area (TPSA) is 65.1 Å². The summed E-state index contributed by atoms with van der Waals surface area (Å²) in [5.74, 6) is 0.0256. The number of hydrogen-bond acceptors (Lipinski definition) is 4. The van der Waals surface area contributed by atoms with Crippen molar-refractivity contribution in [2.45, 2.75) is 13.0 Å². The number of carbonyl (C=O) groups is 1. The molecular weight excluding hydrogens is 266 g/mol. The monoisotopic (exact) mass is 285 g/mol. The molecule has 6 nitrogen and oxygen atoms in total. The summed E-state index contributed by atoms with van der Waals surface area (Å²) in [5.41, 5.74) is 1.63. The van der Waals surface area contributed by atoms with Crippen molar-refractivity contribution in [3.8, 4) is 0 Å². The molecule has 0 bridgehead atoms. The standard InChI is InChI=1S/C15H19N5O/c1-12(13-4-2-3-6-16-13)19-8-10-20(11-9-19)15(21)14-5-7-17-18-14/h2-7,12H,8-11H2,1H3,(H,17,18)/t12-/m0/s1. The molecule has 3 rings (SSSR count). The van der Waals surface area contributed by atoms with Crippen molar-refractivity contribution in [1.82, 2.24) is 25.0 Å². The number of hydrogen-bond donors (Lipinski definition) is 1. The number of H-pyrrole nitrogens is 1. The molecule has 6 heteroatoms. The molecular formula is C15H19N5O. The lowest BCUT2D eigenvalue weighted by molar-refractivity contribution is 0.0573. The van der Waals surface area contributed by atoms with Gasteiger partial charge >= 0.3 is 0 Å². The summed E-state index contributed by atoms with van der Waals surface area (Å²) in [6.07, 6.45) is 3.43. The second-order valence-electron chi connectivity index (χ2n) is 5.23. The van der Waals surface area contributed by atoms with Gasteiger partial charge in [0.25, 0.3) is 5.91 Å². The van der Waals surface area contributed by atoms with E-state index in [-0.39, 0.29) is 11.9 Å². The van der Waals surface area contributed by atoms with Crippen LogP contribution in [0.3, 0.4) is 0 Å². The summed E-state index contributed by atoms with van der Waals surface area (Å²) in [5, 5.41) is 6.56. The van der Waals surface area contributed by atoms with Crippen LogP contribution in [0.2, 0.25) is 0 Å². The van der Waals surface area contributed by atoms with Crippen LogP contribution in [0.25, 0.3) is 0 Å². The van der Waals surface area contributed by atoms with Gasteiger partial charge in [-0.1, -0.05) is 6.07 Å². The minimum Gasteiger partial charge on any atom is -0.335 e. The van der Waals surface area contributed by atoms with E-state index in [0.717, 1.165) is 31.9 Å². The van der Waals surface area contributed by atoms with Gasteiger partial charge in [0.05, 0.1) is 5.69 Å². The largest absolute Gasteiger partial charge is 0.335 e. The number of aromatic nitrogens is 3. The second-order valence-corrected chi connectivity index (χ2v) is 5.23. The lowest BCUT2D eigenvalue weighted by atomic mass is 10.1. The van der Waals surface area contributed by atoms with Crippen LogP contribution in [0.5, 0.6) is 0 Å². The first kappa shape index (κ1) is 13.8. The zero-order chi connectivity index (χ0) is 14.7. The van der Waals surface area contributed by atoms with Gasteiger partial charge < -0.3 is 4.90 Å². The molecule has 0 spiro atoms. The van der Waals surface area contributed by atoms with Crippen LogP contribution in [-0.4, -0.2) is 57.1 Å².